The van der Waals surface area contributed by atoms with Crippen LogP contribution in [0.4, 0.5) is 4.39 Å². The largest absolute Gasteiger partial charge is 0.384 e. The van der Waals surface area contributed by atoms with Gasteiger partial charge in [0.1, 0.15) is 5.82 Å². The maximum atomic E-state index is 13.0. The van der Waals surface area contributed by atoms with Crippen LogP contribution in [-0.2, 0) is 12.0 Å². The highest BCUT2D eigenvalue weighted by Gasteiger charge is 2.33. The fourth-order valence-corrected chi connectivity index (χ4v) is 2.89. The smallest absolute Gasteiger partial charge is 0.123 e. The summed E-state index contributed by atoms with van der Waals surface area (Å²) in [5, 5.41) is 14.2. The lowest BCUT2D eigenvalue weighted by Gasteiger charge is -2.28. The SMILES string of the molecule is CC(O)(CNC(Cc1ccccn1)C1CC1)c1ccc(F)cc1. The van der Waals surface area contributed by atoms with Crippen LogP contribution in [0.25, 0.3) is 0 Å². The van der Waals surface area contributed by atoms with Crippen molar-refractivity contribution in [3.63, 3.8) is 0 Å². The molecule has 0 bridgehead atoms. The molecular weight excluding hydrogens is 291 g/mol. The molecule has 1 aliphatic carbocycles. The zero-order valence-electron chi connectivity index (χ0n) is 13.4. The number of pyridine rings is 1. The molecule has 1 aromatic carbocycles. The Labute approximate surface area is 136 Å². The van der Waals surface area contributed by atoms with Crippen LogP contribution in [0.2, 0.25) is 0 Å². The van der Waals surface area contributed by atoms with E-state index in [9.17, 15) is 9.50 Å². The first-order valence-corrected chi connectivity index (χ1v) is 8.16. The molecule has 2 unspecified atom stereocenters. The van der Waals surface area contributed by atoms with Crippen molar-refractivity contribution in [3.05, 3.63) is 65.7 Å². The van der Waals surface area contributed by atoms with Crippen molar-refractivity contribution >= 4 is 0 Å². The number of hydrogen-bond donors (Lipinski definition) is 2. The van der Waals surface area contributed by atoms with E-state index in [-0.39, 0.29) is 5.82 Å². The van der Waals surface area contributed by atoms with Crippen LogP contribution in [0.15, 0.2) is 48.7 Å². The molecule has 3 nitrogen and oxygen atoms in total. The first kappa shape index (κ1) is 16.1. The normalized spacial score (nSPS) is 18.4. The lowest BCUT2D eigenvalue weighted by Crippen LogP contribution is -2.43. The summed E-state index contributed by atoms with van der Waals surface area (Å²) in [6, 6.07) is 12.3. The van der Waals surface area contributed by atoms with Crippen molar-refractivity contribution in [3.8, 4) is 0 Å². The van der Waals surface area contributed by atoms with Crippen molar-refractivity contribution in [2.45, 2.75) is 37.8 Å². The molecule has 1 fully saturated rings. The molecule has 1 saturated carbocycles. The van der Waals surface area contributed by atoms with Gasteiger partial charge in [0, 0.05) is 30.9 Å². The van der Waals surface area contributed by atoms with Gasteiger partial charge in [-0.25, -0.2) is 4.39 Å². The Kier molecular flexibility index (Phi) is 4.74. The van der Waals surface area contributed by atoms with E-state index in [1.165, 1.54) is 25.0 Å². The summed E-state index contributed by atoms with van der Waals surface area (Å²) < 4.78 is 13.0. The van der Waals surface area contributed by atoms with E-state index in [4.69, 9.17) is 0 Å². The third-order valence-electron chi connectivity index (χ3n) is 4.52. The Morgan fingerprint density at radius 2 is 2.00 bits per heavy atom. The Morgan fingerprint density at radius 1 is 1.26 bits per heavy atom. The van der Waals surface area contributed by atoms with E-state index in [1.54, 1.807) is 19.1 Å². The second-order valence-corrected chi connectivity index (χ2v) is 6.63. The summed E-state index contributed by atoms with van der Waals surface area (Å²) >= 11 is 0. The average Bonchev–Trinajstić information content (AvgIpc) is 3.38. The van der Waals surface area contributed by atoms with Crippen molar-refractivity contribution < 1.29 is 9.50 Å². The van der Waals surface area contributed by atoms with Crippen molar-refractivity contribution in [1.82, 2.24) is 10.3 Å². The van der Waals surface area contributed by atoms with Crippen molar-refractivity contribution in [2.24, 2.45) is 5.92 Å². The predicted molar refractivity (Wildman–Crippen MR) is 88.4 cm³/mol. The monoisotopic (exact) mass is 314 g/mol. The molecule has 0 aliphatic heterocycles. The molecule has 2 aromatic rings. The second-order valence-electron chi connectivity index (χ2n) is 6.63. The molecule has 122 valence electrons. The van der Waals surface area contributed by atoms with Gasteiger partial charge >= 0.3 is 0 Å². The van der Waals surface area contributed by atoms with Crippen LogP contribution in [0, 0.1) is 11.7 Å². The molecule has 0 saturated heterocycles. The molecule has 2 N–H and O–H groups in total. The number of halogens is 1. The van der Waals surface area contributed by atoms with Gasteiger partial charge in [-0.15, -0.1) is 0 Å². The van der Waals surface area contributed by atoms with Gasteiger partial charge in [-0.2, -0.15) is 0 Å². The van der Waals surface area contributed by atoms with Gasteiger partial charge in [-0.1, -0.05) is 18.2 Å². The molecule has 1 heterocycles. The van der Waals surface area contributed by atoms with E-state index in [1.807, 2.05) is 24.4 Å². The highest BCUT2D eigenvalue weighted by Crippen LogP contribution is 2.34. The minimum atomic E-state index is -1.02. The number of aliphatic hydroxyl groups is 1. The van der Waals surface area contributed by atoms with Crippen LogP contribution in [0.1, 0.15) is 31.0 Å². The molecule has 1 aromatic heterocycles. The Bertz CT molecular complexity index is 624. The van der Waals surface area contributed by atoms with Gasteiger partial charge in [-0.3, -0.25) is 4.98 Å². The highest BCUT2D eigenvalue weighted by atomic mass is 19.1. The van der Waals surface area contributed by atoms with E-state index in [2.05, 4.69) is 10.3 Å². The summed E-state index contributed by atoms with van der Waals surface area (Å²) in [4.78, 5) is 4.40. The fourth-order valence-electron chi connectivity index (χ4n) is 2.89. The van der Waals surface area contributed by atoms with Crippen molar-refractivity contribution in [2.75, 3.05) is 6.54 Å². The zero-order valence-corrected chi connectivity index (χ0v) is 13.4. The van der Waals surface area contributed by atoms with Gasteiger partial charge in [0.15, 0.2) is 0 Å². The minimum Gasteiger partial charge on any atom is -0.384 e. The maximum Gasteiger partial charge on any atom is 0.123 e. The Balaban J connectivity index is 1.63. The molecular formula is C19H23FN2O. The molecule has 4 heteroatoms. The van der Waals surface area contributed by atoms with Crippen molar-refractivity contribution in [1.29, 1.82) is 0 Å². The first-order valence-electron chi connectivity index (χ1n) is 8.16. The van der Waals surface area contributed by atoms with Gasteiger partial charge in [0.05, 0.1) is 5.60 Å². The quantitative estimate of drug-likeness (QED) is 0.826. The van der Waals surface area contributed by atoms with Crippen LogP contribution in [0.3, 0.4) is 0 Å². The number of benzene rings is 1. The van der Waals surface area contributed by atoms with Crippen LogP contribution < -0.4 is 5.32 Å². The summed E-state index contributed by atoms with van der Waals surface area (Å²) in [7, 11) is 0. The lowest BCUT2D eigenvalue weighted by atomic mass is 9.95. The molecule has 1 aliphatic rings. The highest BCUT2D eigenvalue weighted by molar-refractivity contribution is 5.22. The third kappa shape index (κ3) is 4.36. The third-order valence-corrected chi connectivity index (χ3v) is 4.52. The number of rotatable bonds is 7. The number of aromatic nitrogens is 1. The van der Waals surface area contributed by atoms with Crippen LogP contribution >= 0.6 is 0 Å². The van der Waals surface area contributed by atoms with Crippen LogP contribution in [-0.4, -0.2) is 22.7 Å². The van der Waals surface area contributed by atoms with E-state index >= 15 is 0 Å². The minimum absolute atomic E-state index is 0.288. The molecule has 23 heavy (non-hydrogen) atoms. The van der Waals surface area contributed by atoms with Crippen LogP contribution in [0.5, 0.6) is 0 Å². The number of nitrogens with one attached hydrogen (secondary N) is 1. The zero-order chi connectivity index (χ0) is 16.3. The molecule has 0 radical (unpaired) electrons. The van der Waals surface area contributed by atoms with E-state index in [0.29, 0.717) is 18.5 Å². The van der Waals surface area contributed by atoms with Gasteiger partial charge < -0.3 is 10.4 Å². The second kappa shape index (κ2) is 6.77. The Morgan fingerprint density at radius 3 is 2.61 bits per heavy atom. The number of hydrogen-bond acceptors (Lipinski definition) is 3. The van der Waals surface area contributed by atoms with E-state index in [0.717, 1.165) is 17.7 Å². The lowest BCUT2D eigenvalue weighted by molar-refractivity contribution is 0.0528. The molecule has 3 rings (SSSR count). The predicted octanol–water partition coefficient (Wildman–Crippen LogP) is 3.04. The van der Waals surface area contributed by atoms with Gasteiger partial charge in [0.25, 0.3) is 0 Å². The van der Waals surface area contributed by atoms with Gasteiger partial charge in [0.2, 0.25) is 0 Å². The fraction of sp³-hybridized carbons (Fsp3) is 0.421. The van der Waals surface area contributed by atoms with E-state index < -0.39 is 5.60 Å². The standard InChI is InChI=1S/C19H23FN2O/c1-19(23,15-7-9-16(20)10-8-15)13-22-18(14-5-6-14)12-17-4-2-3-11-21-17/h2-4,7-11,14,18,22-23H,5-6,12-13H2,1H3. The summed E-state index contributed by atoms with van der Waals surface area (Å²) in [6.45, 7) is 2.20. The topological polar surface area (TPSA) is 45.1 Å². The molecule has 0 amide bonds. The molecule has 0 spiro atoms. The summed E-state index contributed by atoms with van der Waals surface area (Å²) in [5.74, 6) is 0.365. The summed E-state index contributed by atoms with van der Waals surface area (Å²) in [5.41, 5.74) is 0.766. The van der Waals surface area contributed by atoms with Gasteiger partial charge in [-0.05, 0) is 55.5 Å². The molecule has 2 atom stereocenters. The maximum absolute atomic E-state index is 13.0. The number of nitrogens with zero attached hydrogens (tertiary/aromatic N) is 1. The summed E-state index contributed by atoms with van der Waals surface area (Å²) in [6.07, 6.45) is 5.13. The Hall–Kier alpha value is -1.78. The first-order chi connectivity index (χ1) is 11.0. The average molecular weight is 314 g/mol.